The summed E-state index contributed by atoms with van der Waals surface area (Å²) in [6.45, 7) is 5.57. The summed E-state index contributed by atoms with van der Waals surface area (Å²) < 4.78 is 44.9. The number of nitrogens with one attached hydrogen (secondary N) is 3. The number of amides is 3. The molecular weight excluding hydrogens is 425 g/mol. The summed E-state index contributed by atoms with van der Waals surface area (Å²) in [6, 6.07) is 3.36. The summed E-state index contributed by atoms with van der Waals surface area (Å²) in [4.78, 5) is 26.4. The van der Waals surface area contributed by atoms with Crippen molar-refractivity contribution in [2.45, 2.75) is 20.3 Å². The van der Waals surface area contributed by atoms with Crippen LogP contribution >= 0.6 is 11.6 Å². The number of hydrogen-bond acceptors (Lipinski definition) is 4. The first-order valence-corrected chi connectivity index (χ1v) is 8.86. The van der Waals surface area contributed by atoms with E-state index in [0.717, 1.165) is 6.07 Å². The number of rotatable bonds is 6. The molecule has 2 rings (SSSR count). The van der Waals surface area contributed by atoms with Crippen LogP contribution < -0.4 is 20.9 Å². The molecule has 0 radical (unpaired) electrons. The second-order valence-corrected chi connectivity index (χ2v) is 6.53. The lowest BCUT2D eigenvalue weighted by atomic mass is 10.0. The number of urea groups is 1. The van der Waals surface area contributed by atoms with Crippen molar-refractivity contribution in [1.82, 2.24) is 21.2 Å². The molecule has 1 heterocycles. The highest BCUT2D eigenvalue weighted by Crippen LogP contribution is 2.38. The zero-order chi connectivity index (χ0) is 22.4. The number of nitrogens with zero attached hydrogens (tertiary/aromatic N) is 1. The number of hydrogen-bond donors (Lipinski definition) is 3. The molecule has 1 aromatic heterocycles. The number of pyridine rings is 1. The average Bonchev–Trinajstić information content (AvgIpc) is 2.64. The minimum Gasteiger partial charge on any atom is -0.485 e. The van der Waals surface area contributed by atoms with Crippen molar-refractivity contribution in [2.75, 3.05) is 6.61 Å². The van der Waals surface area contributed by atoms with E-state index in [-0.39, 0.29) is 33.3 Å². The third-order valence-electron chi connectivity index (χ3n) is 3.60. The third kappa shape index (κ3) is 6.11. The third-order valence-corrected chi connectivity index (χ3v) is 3.88. The van der Waals surface area contributed by atoms with Crippen molar-refractivity contribution in [3.8, 4) is 16.9 Å². The summed E-state index contributed by atoms with van der Waals surface area (Å²) in [5.74, 6) is -1.37. The Bertz CT molecular complexity index is 986. The molecule has 0 unspecified atom stereocenters. The predicted octanol–water partition coefficient (Wildman–Crippen LogP) is 3.81. The molecule has 0 spiro atoms. The van der Waals surface area contributed by atoms with Gasteiger partial charge in [0.15, 0.2) is 5.82 Å². The van der Waals surface area contributed by atoms with Crippen molar-refractivity contribution in [3.63, 3.8) is 0 Å². The first-order valence-electron chi connectivity index (χ1n) is 8.48. The summed E-state index contributed by atoms with van der Waals surface area (Å²) in [5, 5.41) is 2.32. The van der Waals surface area contributed by atoms with E-state index >= 15 is 0 Å². The van der Waals surface area contributed by atoms with Crippen LogP contribution in [0.2, 0.25) is 5.02 Å². The molecule has 0 aliphatic heterocycles. The Labute approximate surface area is 175 Å². The molecule has 0 fully saturated rings. The number of aryl methyl sites for hydroxylation is 1. The average molecular weight is 443 g/mol. The standard InChI is InChI=1S/C19H18ClF3N4O3/c1-9-4-13(18(14(20)5-9)30-8-16(22)23)12-6-15(21)17(24-7-12)10(2)25-19(29)27-26-11(3)28/h4-7,16H,2,8H2,1,3H3,(H,26,28)(H2,25,27,29). The predicted molar refractivity (Wildman–Crippen MR) is 105 cm³/mol. The molecule has 0 aliphatic rings. The fourth-order valence-electron chi connectivity index (χ4n) is 2.42. The fourth-order valence-corrected chi connectivity index (χ4v) is 2.74. The molecule has 0 aliphatic carbocycles. The lowest BCUT2D eigenvalue weighted by Crippen LogP contribution is -2.45. The number of aromatic nitrogens is 1. The van der Waals surface area contributed by atoms with Crippen LogP contribution in [-0.2, 0) is 4.79 Å². The zero-order valence-electron chi connectivity index (χ0n) is 16.0. The highest BCUT2D eigenvalue weighted by atomic mass is 35.5. The van der Waals surface area contributed by atoms with E-state index in [1.165, 1.54) is 19.2 Å². The highest BCUT2D eigenvalue weighted by molar-refractivity contribution is 6.32. The number of ether oxygens (including phenoxy) is 1. The number of alkyl halides is 2. The van der Waals surface area contributed by atoms with Crippen molar-refractivity contribution >= 4 is 29.2 Å². The Morgan fingerprint density at radius 1 is 1.27 bits per heavy atom. The van der Waals surface area contributed by atoms with Crippen molar-refractivity contribution in [2.24, 2.45) is 0 Å². The number of benzene rings is 1. The Kier molecular flexibility index (Phi) is 7.65. The van der Waals surface area contributed by atoms with Gasteiger partial charge < -0.3 is 10.1 Å². The maximum absolute atomic E-state index is 14.6. The molecule has 3 N–H and O–H groups in total. The van der Waals surface area contributed by atoms with Gasteiger partial charge >= 0.3 is 6.03 Å². The Balaban J connectivity index is 2.29. The van der Waals surface area contributed by atoms with Crippen LogP contribution in [0.3, 0.4) is 0 Å². The molecule has 1 aromatic carbocycles. The van der Waals surface area contributed by atoms with Crippen molar-refractivity contribution < 1.29 is 27.5 Å². The van der Waals surface area contributed by atoms with Crippen molar-refractivity contribution in [3.05, 3.63) is 53.1 Å². The van der Waals surface area contributed by atoms with Crippen LogP contribution in [0, 0.1) is 12.7 Å². The summed E-state index contributed by atoms with van der Waals surface area (Å²) in [5.41, 5.74) is 4.85. The monoisotopic (exact) mass is 442 g/mol. The van der Waals surface area contributed by atoms with E-state index < -0.39 is 30.8 Å². The van der Waals surface area contributed by atoms with Crippen LogP contribution in [0.15, 0.2) is 31.0 Å². The van der Waals surface area contributed by atoms with Crippen LogP contribution in [0.25, 0.3) is 16.8 Å². The Hall–Kier alpha value is -3.27. The maximum Gasteiger partial charge on any atom is 0.337 e. The van der Waals surface area contributed by atoms with Gasteiger partial charge in [-0.2, -0.15) is 0 Å². The first-order chi connectivity index (χ1) is 14.1. The minimum absolute atomic E-state index is 0.0249. The van der Waals surface area contributed by atoms with Gasteiger partial charge in [0.05, 0.1) is 10.7 Å². The Morgan fingerprint density at radius 2 is 1.97 bits per heavy atom. The van der Waals surface area contributed by atoms with E-state index in [1.807, 2.05) is 10.9 Å². The number of halogens is 4. The first kappa shape index (κ1) is 23.0. The van der Waals surface area contributed by atoms with Crippen LogP contribution in [0.4, 0.5) is 18.0 Å². The van der Waals surface area contributed by atoms with Crippen LogP contribution in [0.5, 0.6) is 5.75 Å². The van der Waals surface area contributed by atoms with E-state index in [2.05, 4.69) is 16.9 Å². The SMILES string of the molecule is C=C(NC(=O)NNC(C)=O)c1ncc(-c2cc(C)cc(Cl)c2OCC(F)F)cc1F. The van der Waals surface area contributed by atoms with Gasteiger partial charge in [-0.15, -0.1) is 0 Å². The maximum atomic E-state index is 14.6. The minimum atomic E-state index is -2.72. The quantitative estimate of drug-likeness (QED) is 0.593. The lowest BCUT2D eigenvalue weighted by molar-refractivity contribution is -0.119. The normalized spacial score (nSPS) is 10.5. The van der Waals surface area contributed by atoms with Gasteiger partial charge in [-0.1, -0.05) is 18.2 Å². The number of hydrazine groups is 1. The van der Waals surface area contributed by atoms with Gasteiger partial charge in [0.25, 0.3) is 6.43 Å². The summed E-state index contributed by atoms with van der Waals surface area (Å²) in [6.07, 6.45) is -1.46. The van der Waals surface area contributed by atoms with E-state index in [9.17, 15) is 22.8 Å². The lowest BCUT2D eigenvalue weighted by Gasteiger charge is -2.15. The molecule has 0 saturated heterocycles. The van der Waals surface area contributed by atoms with E-state index in [4.69, 9.17) is 16.3 Å². The smallest absolute Gasteiger partial charge is 0.337 e. The molecular formula is C19H18ClF3N4O3. The molecule has 30 heavy (non-hydrogen) atoms. The van der Waals surface area contributed by atoms with Crippen molar-refractivity contribution in [1.29, 1.82) is 0 Å². The van der Waals surface area contributed by atoms with Gasteiger partial charge in [-0.25, -0.2) is 23.4 Å². The van der Waals surface area contributed by atoms with Gasteiger partial charge in [0.2, 0.25) is 5.91 Å². The van der Waals surface area contributed by atoms with E-state index in [1.54, 1.807) is 13.0 Å². The number of carbonyl (C=O) groups excluding carboxylic acids is 2. The van der Waals surface area contributed by atoms with Crippen LogP contribution in [-0.4, -0.2) is 30.0 Å². The fraction of sp³-hybridized carbons (Fsp3) is 0.211. The molecule has 0 atom stereocenters. The van der Waals surface area contributed by atoms with Gasteiger partial charge in [-0.05, 0) is 30.7 Å². The van der Waals surface area contributed by atoms with Crippen LogP contribution in [0.1, 0.15) is 18.2 Å². The molecule has 0 saturated carbocycles. The molecule has 3 amide bonds. The van der Waals surface area contributed by atoms with Gasteiger partial charge in [-0.3, -0.25) is 15.2 Å². The summed E-state index contributed by atoms with van der Waals surface area (Å²) in [7, 11) is 0. The second-order valence-electron chi connectivity index (χ2n) is 6.12. The molecule has 7 nitrogen and oxygen atoms in total. The molecule has 160 valence electrons. The second kappa shape index (κ2) is 9.97. The molecule has 0 bridgehead atoms. The molecule has 2 aromatic rings. The number of carbonyl (C=O) groups is 2. The van der Waals surface area contributed by atoms with Gasteiger partial charge in [0, 0.05) is 24.2 Å². The van der Waals surface area contributed by atoms with Gasteiger partial charge in [0.1, 0.15) is 18.1 Å². The largest absolute Gasteiger partial charge is 0.485 e. The topological polar surface area (TPSA) is 92.4 Å². The van der Waals surface area contributed by atoms with E-state index in [0.29, 0.717) is 5.56 Å². The summed E-state index contributed by atoms with van der Waals surface area (Å²) >= 11 is 6.12. The highest BCUT2D eigenvalue weighted by Gasteiger charge is 2.18. The molecule has 11 heteroatoms. The Morgan fingerprint density at radius 3 is 2.57 bits per heavy atom. The zero-order valence-corrected chi connectivity index (χ0v) is 16.7.